The van der Waals surface area contributed by atoms with Gasteiger partial charge in [0.15, 0.2) is 6.10 Å². The maximum Gasteiger partial charge on any atom is 0.306 e. The number of esters is 3. The first kappa shape index (κ1) is 68.8. The number of carbonyl (C=O) groups is 3. The highest BCUT2D eigenvalue weighted by Crippen LogP contribution is 2.14. The van der Waals surface area contributed by atoms with Crippen molar-refractivity contribution < 1.29 is 28.6 Å². The van der Waals surface area contributed by atoms with Gasteiger partial charge >= 0.3 is 17.9 Å². The highest BCUT2D eigenvalue weighted by molar-refractivity contribution is 5.71. The van der Waals surface area contributed by atoms with Gasteiger partial charge in [-0.3, -0.25) is 14.4 Å². The Morgan fingerprint density at radius 3 is 0.904 bits per heavy atom. The van der Waals surface area contributed by atoms with Crippen molar-refractivity contribution in [2.45, 2.75) is 271 Å². The number of allylic oxidation sites excluding steroid dienone is 20. The van der Waals surface area contributed by atoms with E-state index in [1.807, 2.05) is 0 Å². The first-order chi connectivity index (χ1) is 36.0. The molecule has 6 heteroatoms. The summed E-state index contributed by atoms with van der Waals surface area (Å²) < 4.78 is 16.8. The summed E-state index contributed by atoms with van der Waals surface area (Å²) in [5.74, 6) is -0.923. The lowest BCUT2D eigenvalue weighted by molar-refractivity contribution is -0.167. The monoisotopic (exact) mass is 1010 g/mol. The van der Waals surface area contributed by atoms with E-state index in [1.54, 1.807) is 0 Å². The normalized spacial score (nSPS) is 13.0. The van der Waals surface area contributed by atoms with E-state index in [1.165, 1.54) is 70.6 Å². The Balaban J connectivity index is 4.23. The van der Waals surface area contributed by atoms with E-state index in [4.69, 9.17) is 14.2 Å². The second kappa shape index (κ2) is 60.4. The van der Waals surface area contributed by atoms with Crippen molar-refractivity contribution in [2.75, 3.05) is 13.2 Å². The van der Waals surface area contributed by atoms with E-state index in [-0.39, 0.29) is 31.1 Å². The van der Waals surface area contributed by atoms with Crippen LogP contribution in [0.3, 0.4) is 0 Å². The highest BCUT2D eigenvalue weighted by Gasteiger charge is 2.19. The summed E-state index contributed by atoms with van der Waals surface area (Å²) in [6.45, 7) is 6.39. The summed E-state index contributed by atoms with van der Waals surface area (Å²) in [4.78, 5) is 38.1. The van der Waals surface area contributed by atoms with Crippen molar-refractivity contribution in [2.24, 2.45) is 0 Å². The fraction of sp³-hybridized carbons (Fsp3) is 0.657. The summed E-state index contributed by atoms with van der Waals surface area (Å²) in [7, 11) is 0. The summed E-state index contributed by atoms with van der Waals surface area (Å²) in [6, 6.07) is 0. The van der Waals surface area contributed by atoms with Crippen LogP contribution in [0.5, 0.6) is 0 Å². The van der Waals surface area contributed by atoms with Gasteiger partial charge in [0, 0.05) is 19.3 Å². The van der Waals surface area contributed by atoms with Gasteiger partial charge in [0.2, 0.25) is 0 Å². The zero-order valence-corrected chi connectivity index (χ0v) is 47.4. The maximum absolute atomic E-state index is 12.8. The van der Waals surface area contributed by atoms with Gasteiger partial charge in [0.05, 0.1) is 0 Å². The maximum atomic E-state index is 12.8. The third-order valence-corrected chi connectivity index (χ3v) is 12.4. The molecule has 0 aromatic rings. The van der Waals surface area contributed by atoms with Crippen molar-refractivity contribution in [3.05, 3.63) is 122 Å². The Kier molecular flexibility index (Phi) is 56.9. The fourth-order valence-corrected chi connectivity index (χ4v) is 7.91. The minimum atomic E-state index is -0.793. The number of rotatable bonds is 53. The van der Waals surface area contributed by atoms with E-state index < -0.39 is 6.10 Å². The van der Waals surface area contributed by atoms with Crippen molar-refractivity contribution in [3.63, 3.8) is 0 Å². The van der Waals surface area contributed by atoms with E-state index in [2.05, 4.69) is 142 Å². The molecule has 0 fully saturated rings. The molecule has 0 bridgehead atoms. The summed E-state index contributed by atoms with van der Waals surface area (Å²) >= 11 is 0. The standard InChI is InChI=1S/C67H110O6/c1-4-7-10-13-16-19-22-24-25-26-27-28-29-30-31-32-33-34-35-36-37-38-39-40-41-43-45-48-51-54-57-60-66(69)72-63-64(62-71-65(68)59-56-53-50-47-44-21-18-15-12-9-6-3)73-67(70)61-58-55-52-49-46-42-23-20-17-14-11-8-5-2/h7,10-11,14-16,18-20,23-25,27-28,30-31,33-34,36-37,64H,4-6,8-9,12-13,17,21-22,26,29,32,35,38-63H2,1-3H3/b10-7-,14-11-,18-15-,19-16-,23-20-,25-24-,28-27-,31-30-,34-33-,37-36-. The van der Waals surface area contributed by atoms with Crippen LogP contribution in [0.2, 0.25) is 0 Å². The molecule has 0 rings (SSSR count). The van der Waals surface area contributed by atoms with Gasteiger partial charge in [-0.15, -0.1) is 0 Å². The first-order valence-electron chi connectivity index (χ1n) is 30.0. The molecule has 1 atom stereocenters. The SMILES string of the molecule is CC/C=C\C/C=C\C/C=C\C/C=C\C/C=C\C/C=C\C/C=C\CCCCCCCCCCCC(=O)OCC(COC(=O)CCCCCCC/C=C\CCCC)OC(=O)CCCCCCC/C=C\C/C=C\CCC. The van der Waals surface area contributed by atoms with Gasteiger partial charge in [-0.1, -0.05) is 245 Å². The molecule has 0 heterocycles. The summed E-state index contributed by atoms with van der Waals surface area (Å²) in [5.41, 5.74) is 0. The van der Waals surface area contributed by atoms with Crippen LogP contribution in [0.15, 0.2) is 122 Å². The van der Waals surface area contributed by atoms with E-state index in [0.717, 1.165) is 154 Å². The van der Waals surface area contributed by atoms with Crippen LogP contribution >= 0.6 is 0 Å². The third-order valence-electron chi connectivity index (χ3n) is 12.4. The lowest BCUT2D eigenvalue weighted by atomic mass is 10.1. The molecule has 0 N–H and O–H groups in total. The molecule has 0 aromatic heterocycles. The Morgan fingerprint density at radius 1 is 0.288 bits per heavy atom. The predicted molar refractivity (Wildman–Crippen MR) is 316 cm³/mol. The minimum Gasteiger partial charge on any atom is -0.462 e. The van der Waals surface area contributed by atoms with Crippen molar-refractivity contribution in [1.29, 1.82) is 0 Å². The van der Waals surface area contributed by atoms with Crippen LogP contribution < -0.4 is 0 Å². The van der Waals surface area contributed by atoms with Gasteiger partial charge in [-0.2, -0.15) is 0 Å². The molecule has 0 aliphatic carbocycles. The average Bonchev–Trinajstić information content (AvgIpc) is 3.39. The Bertz CT molecular complexity index is 1540. The predicted octanol–water partition coefficient (Wildman–Crippen LogP) is 20.4. The van der Waals surface area contributed by atoms with Crippen LogP contribution in [0.1, 0.15) is 265 Å². The number of unbranched alkanes of at least 4 members (excludes halogenated alkanes) is 22. The molecule has 0 aliphatic rings. The molecule has 6 nitrogen and oxygen atoms in total. The quantitative estimate of drug-likeness (QED) is 0.0261. The van der Waals surface area contributed by atoms with Crippen LogP contribution in [0.4, 0.5) is 0 Å². The largest absolute Gasteiger partial charge is 0.462 e. The third kappa shape index (κ3) is 58.6. The molecular formula is C67H110O6. The molecular weight excluding hydrogens is 901 g/mol. The average molecular weight is 1010 g/mol. The zero-order chi connectivity index (χ0) is 52.9. The topological polar surface area (TPSA) is 78.9 Å². The van der Waals surface area contributed by atoms with Gasteiger partial charge < -0.3 is 14.2 Å². The molecule has 0 radical (unpaired) electrons. The van der Waals surface area contributed by atoms with Gasteiger partial charge in [0.1, 0.15) is 13.2 Å². The second-order valence-electron chi connectivity index (χ2n) is 19.5. The van der Waals surface area contributed by atoms with E-state index in [0.29, 0.717) is 19.3 Å². The van der Waals surface area contributed by atoms with Gasteiger partial charge in [-0.05, 0) is 122 Å². The first-order valence-corrected chi connectivity index (χ1v) is 30.0. The molecule has 1 unspecified atom stereocenters. The Morgan fingerprint density at radius 2 is 0.562 bits per heavy atom. The van der Waals surface area contributed by atoms with Crippen molar-refractivity contribution in [1.82, 2.24) is 0 Å². The molecule has 0 aromatic carbocycles. The highest BCUT2D eigenvalue weighted by atomic mass is 16.6. The summed E-state index contributed by atoms with van der Waals surface area (Å²) in [5, 5.41) is 0. The molecule has 0 saturated heterocycles. The lowest BCUT2D eigenvalue weighted by Gasteiger charge is -2.18. The van der Waals surface area contributed by atoms with Gasteiger partial charge in [0.25, 0.3) is 0 Å². The lowest BCUT2D eigenvalue weighted by Crippen LogP contribution is -2.30. The number of hydrogen-bond acceptors (Lipinski definition) is 6. The summed E-state index contributed by atoms with van der Waals surface area (Å²) in [6.07, 6.45) is 83.5. The Hall–Kier alpha value is -4.19. The van der Waals surface area contributed by atoms with Crippen molar-refractivity contribution in [3.8, 4) is 0 Å². The smallest absolute Gasteiger partial charge is 0.306 e. The van der Waals surface area contributed by atoms with E-state index >= 15 is 0 Å². The number of ether oxygens (including phenoxy) is 3. The van der Waals surface area contributed by atoms with Crippen LogP contribution in [0.25, 0.3) is 0 Å². The second-order valence-corrected chi connectivity index (χ2v) is 19.5. The molecule has 0 amide bonds. The molecule has 0 spiro atoms. The van der Waals surface area contributed by atoms with Gasteiger partial charge in [-0.25, -0.2) is 0 Å². The minimum absolute atomic E-state index is 0.0913. The molecule has 73 heavy (non-hydrogen) atoms. The molecule has 0 saturated carbocycles. The van der Waals surface area contributed by atoms with Crippen LogP contribution in [-0.4, -0.2) is 37.2 Å². The molecule has 414 valence electrons. The van der Waals surface area contributed by atoms with Crippen LogP contribution in [-0.2, 0) is 28.6 Å². The van der Waals surface area contributed by atoms with E-state index in [9.17, 15) is 14.4 Å². The fourth-order valence-electron chi connectivity index (χ4n) is 7.91. The zero-order valence-electron chi connectivity index (χ0n) is 47.4. The number of carbonyl (C=O) groups excluding carboxylic acids is 3. The Labute approximate surface area is 450 Å². The van der Waals surface area contributed by atoms with Crippen LogP contribution in [0, 0.1) is 0 Å². The molecule has 0 aliphatic heterocycles. The number of hydrogen-bond donors (Lipinski definition) is 0. The van der Waals surface area contributed by atoms with Crippen molar-refractivity contribution >= 4 is 17.9 Å².